The molecule has 0 spiro atoms. The standard InChI is InChI=1S/C23H36N4O11/c1-13(2)19(31)37-12-14(3)11-36-17(29)9-24-6-8-35-22(33)26-16-5-7-27(21(32)25-16)20-23(4,34)18(30)15(10-28)38-20/h5,7,13-15,18,20,24,28,30,34H,6,8-12H2,1-4H3,(H,25,26,32,33)/t14?,15-,18-,20-,23-/m1/s1. The van der Waals surface area contributed by atoms with E-state index in [1.165, 1.54) is 19.2 Å². The highest BCUT2D eigenvalue weighted by Crippen LogP contribution is 2.37. The van der Waals surface area contributed by atoms with E-state index < -0.39 is 48.4 Å². The molecule has 0 aliphatic carbocycles. The van der Waals surface area contributed by atoms with E-state index in [0.717, 1.165) is 4.57 Å². The zero-order valence-corrected chi connectivity index (χ0v) is 21.8. The lowest BCUT2D eigenvalue weighted by Crippen LogP contribution is -2.46. The molecule has 0 aromatic carbocycles. The van der Waals surface area contributed by atoms with E-state index in [9.17, 15) is 34.5 Å². The molecule has 2 heterocycles. The van der Waals surface area contributed by atoms with Crippen LogP contribution in [0.4, 0.5) is 10.6 Å². The van der Waals surface area contributed by atoms with Crippen LogP contribution in [0.15, 0.2) is 17.1 Å². The molecule has 0 bridgehead atoms. The molecule has 214 valence electrons. The maximum Gasteiger partial charge on any atom is 0.412 e. The number of carbonyl (C=O) groups is 3. The zero-order chi connectivity index (χ0) is 28.5. The largest absolute Gasteiger partial charge is 0.465 e. The van der Waals surface area contributed by atoms with Crippen LogP contribution in [0.1, 0.15) is 33.9 Å². The second kappa shape index (κ2) is 14.2. The fourth-order valence-corrected chi connectivity index (χ4v) is 3.32. The van der Waals surface area contributed by atoms with Crippen LogP contribution in [0.25, 0.3) is 0 Å². The Morgan fingerprint density at radius 2 is 1.89 bits per heavy atom. The van der Waals surface area contributed by atoms with Crippen molar-refractivity contribution in [3.8, 4) is 0 Å². The molecule has 0 saturated carbocycles. The van der Waals surface area contributed by atoms with E-state index >= 15 is 0 Å². The summed E-state index contributed by atoms with van der Waals surface area (Å²) in [5.74, 6) is -1.36. The quantitative estimate of drug-likeness (QED) is 0.112. The van der Waals surface area contributed by atoms with Crippen LogP contribution in [-0.2, 0) is 28.5 Å². The molecule has 2 rings (SSSR count). The number of nitrogens with one attached hydrogen (secondary N) is 2. The number of amides is 1. The molecular formula is C23H36N4O11. The molecule has 1 fully saturated rings. The third kappa shape index (κ3) is 8.73. The van der Waals surface area contributed by atoms with Gasteiger partial charge in [0.1, 0.15) is 30.2 Å². The van der Waals surface area contributed by atoms with Crippen molar-refractivity contribution in [2.75, 3.05) is 44.8 Å². The Labute approximate surface area is 219 Å². The Morgan fingerprint density at radius 3 is 2.50 bits per heavy atom. The molecule has 1 aliphatic rings. The molecule has 0 radical (unpaired) electrons. The molecule has 1 aliphatic heterocycles. The number of hydrogen-bond donors (Lipinski definition) is 5. The van der Waals surface area contributed by atoms with E-state index in [1.807, 2.05) is 0 Å². The van der Waals surface area contributed by atoms with Crippen LogP contribution >= 0.6 is 0 Å². The minimum atomic E-state index is -1.87. The number of anilines is 1. The highest BCUT2D eigenvalue weighted by molar-refractivity contribution is 5.83. The monoisotopic (exact) mass is 544 g/mol. The van der Waals surface area contributed by atoms with Crippen molar-refractivity contribution in [3.05, 3.63) is 22.7 Å². The fourth-order valence-electron chi connectivity index (χ4n) is 3.32. The molecule has 15 heteroatoms. The van der Waals surface area contributed by atoms with Crippen LogP contribution in [0, 0.1) is 11.8 Å². The van der Waals surface area contributed by atoms with Crippen molar-refractivity contribution in [3.63, 3.8) is 0 Å². The molecule has 1 unspecified atom stereocenters. The van der Waals surface area contributed by atoms with Crippen LogP contribution in [0.3, 0.4) is 0 Å². The topological polar surface area (TPSA) is 208 Å². The smallest absolute Gasteiger partial charge is 0.412 e. The highest BCUT2D eigenvalue weighted by atomic mass is 16.6. The molecule has 1 aromatic rings. The molecular weight excluding hydrogens is 508 g/mol. The average molecular weight is 545 g/mol. The van der Waals surface area contributed by atoms with Gasteiger partial charge in [0.25, 0.3) is 0 Å². The van der Waals surface area contributed by atoms with Crippen molar-refractivity contribution in [1.29, 1.82) is 0 Å². The average Bonchev–Trinajstić information content (AvgIpc) is 3.09. The van der Waals surface area contributed by atoms with Crippen LogP contribution in [0.2, 0.25) is 0 Å². The third-order valence-electron chi connectivity index (χ3n) is 5.54. The normalized spacial score (nSPS) is 23.6. The maximum absolute atomic E-state index is 12.4. The van der Waals surface area contributed by atoms with E-state index in [2.05, 4.69) is 15.6 Å². The van der Waals surface area contributed by atoms with E-state index in [4.69, 9.17) is 18.9 Å². The molecule has 38 heavy (non-hydrogen) atoms. The number of ether oxygens (including phenoxy) is 4. The van der Waals surface area contributed by atoms with E-state index in [-0.39, 0.29) is 56.5 Å². The third-order valence-corrected chi connectivity index (χ3v) is 5.54. The van der Waals surface area contributed by atoms with Gasteiger partial charge in [0.05, 0.1) is 32.3 Å². The van der Waals surface area contributed by atoms with Gasteiger partial charge in [-0.1, -0.05) is 20.8 Å². The summed E-state index contributed by atoms with van der Waals surface area (Å²) < 4.78 is 21.4. The summed E-state index contributed by atoms with van der Waals surface area (Å²) in [6.45, 7) is 6.08. The van der Waals surface area contributed by atoms with Gasteiger partial charge >= 0.3 is 23.7 Å². The van der Waals surface area contributed by atoms with Crippen LogP contribution < -0.4 is 16.3 Å². The van der Waals surface area contributed by atoms with E-state index in [1.54, 1.807) is 20.8 Å². The van der Waals surface area contributed by atoms with Gasteiger partial charge in [-0.3, -0.25) is 19.5 Å². The minimum Gasteiger partial charge on any atom is -0.465 e. The Bertz CT molecular complexity index is 1010. The van der Waals surface area contributed by atoms with Crippen molar-refractivity contribution in [1.82, 2.24) is 14.9 Å². The van der Waals surface area contributed by atoms with Gasteiger partial charge in [-0.05, 0) is 13.0 Å². The lowest BCUT2D eigenvalue weighted by molar-refractivity contribution is -0.150. The van der Waals surface area contributed by atoms with Crippen molar-refractivity contribution in [2.24, 2.45) is 11.8 Å². The number of aromatic nitrogens is 2. The van der Waals surface area contributed by atoms with Gasteiger partial charge in [0.2, 0.25) is 0 Å². The lowest BCUT2D eigenvalue weighted by Gasteiger charge is -2.27. The van der Waals surface area contributed by atoms with Crippen molar-refractivity contribution >= 4 is 23.8 Å². The summed E-state index contributed by atoms with van der Waals surface area (Å²) in [5, 5.41) is 34.9. The summed E-state index contributed by atoms with van der Waals surface area (Å²) >= 11 is 0. The van der Waals surface area contributed by atoms with Gasteiger partial charge in [0.15, 0.2) is 6.23 Å². The predicted molar refractivity (Wildman–Crippen MR) is 130 cm³/mol. The summed E-state index contributed by atoms with van der Waals surface area (Å²) in [6.07, 6.45) is -3.52. The SMILES string of the molecule is CC(COC(=O)CNCCOC(=O)Nc1ccn([C@@H]2O[C@H](CO)[C@@H](O)[C@@]2(C)O)c(=O)n1)COC(=O)C(C)C. The molecule has 5 atom stereocenters. The second-order valence-electron chi connectivity index (χ2n) is 9.39. The van der Waals surface area contributed by atoms with Crippen LogP contribution in [-0.4, -0.2) is 100 Å². The summed E-state index contributed by atoms with van der Waals surface area (Å²) in [6, 6.07) is 1.26. The predicted octanol–water partition coefficient (Wildman–Crippen LogP) is -1.24. The second-order valence-corrected chi connectivity index (χ2v) is 9.39. The number of aliphatic hydroxyl groups excluding tert-OH is 2. The fraction of sp³-hybridized carbons (Fsp3) is 0.696. The number of rotatable bonds is 13. The molecule has 15 nitrogen and oxygen atoms in total. The Morgan fingerprint density at radius 1 is 1.21 bits per heavy atom. The van der Waals surface area contributed by atoms with Gasteiger partial charge in [-0.25, -0.2) is 9.59 Å². The summed E-state index contributed by atoms with van der Waals surface area (Å²) in [7, 11) is 0. The Hall–Kier alpha value is -3.11. The van der Waals surface area contributed by atoms with Crippen molar-refractivity contribution in [2.45, 2.75) is 51.7 Å². The van der Waals surface area contributed by atoms with Gasteiger partial charge in [-0.2, -0.15) is 4.98 Å². The van der Waals surface area contributed by atoms with Gasteiger partial charge in [-0.15, -0.1) is 0 Å². The summed E-state index contributed by atoms with van der Waals surface area (Å²) in [5.41, 5.74) is -2.75. The van der Waals surface area contributed by atoms with Gasteiger partial charge < -0.3 is 39.6 Å². The first-order chi connectivity index (χ1) is 17.9. The number of esters is 2. The molecule has 1 aromatic heterocycles. The molecule has 5 N–H and O–H groups in total. The van der Waals surface area contributed by atoms with Crippen LogP contribution in [0.5, 0.6) is 0 Å². The summed E-state index contributed by atoms with van der Waals surface area (Å²) in [4.78, 5) is 51.3. The number of aliphatic hydroxyl groups is 3. The van der Waals surface area contributed by atoms with Crippen molar-refractivity contribution < 1.29 is 48.7 Å². The Balaban J connectivity index is 1.68. The first-order valence-electron chi connectivity index (χ1n) is 12.1. The minimum absolute atomic E-state index is 0.0869. The first-order valence-corrected chi connectivity index (χ1v) is 12.1. The first kappa shape index (κ1) is 31.1. The number of hydrogen-bond acceptors (Lipinski definition) is 13. The zero-order valence-electron chi connectivity index (χ0n) is 21.8. The van der Waals surface area contributed by atoms with E-state index in [0.29, 0.717) is 0 Å². The van der Waals surface area contributed by atoms with Gasteiger partial charge in [0, 0.05) is 18.7 Å². The maximum atomic E-state index is 12.4. The Kier molecular flexibility index (Phi) is 11.6. The highest BCUT2D eigenvalue weighted by Gasteiger charge is 2.53. The molecule has 1 saturated heterocycles. The number of nitrogens with zero attached hydrogens (tertiary/aromatic N) is 2. The lowest BCUT2D eigenvalue weighted by atomic mass is 9.96. The molecule has 1 amide bonds. The number of carbonyl (C=O) groups excluding carboxylic acids is 3.